The van der Waals surface area contributed by atoms with Crippen LogP contribution in [0.1, 0.15) is 19.8 Å². The second-order valence-corrected chi connectivity index (χ2v) is 3.46. The molecule has 2 aliphatic rings. The Morgan fingerprint density at radius 2 is 2.31 bits per heavy atom. The molecule has 1 aliphatic carbocycles. The lowest BCUT2D eigenvalue weighted by Gasteiger charge is -2.22. The third-order valence-corrected chi connectivity index (χ3v) is 2.62. The van der Waals surface area contributed by atoms with Crippen LogP contribution < -0.4 is 0 Å². The van der Waals surface area contributed by atoms with Crippen molar-refractivity contribution in [3.8, 4) is 0 Å². The summed E-state index contributed by atoms with van der Waals surface area (Å²) in [7, 11) is 1.63. The largest absolute Gasteiger partial charge is 0.494 e. The van der Waals surface area contributed by atoms with Gasteiger partial charge in [-0.05, 0) is 12.5 Å². The summed E-state index contributed by atoms with van der Waals surface area (Å²) in [5.41, 5.74) is 1.49. The Labute approximate surface area is 77.0 Å². The Hall–Kier alpha value is -0.830. The maximum absolute atomic E-state index is 13.5. The van der Waals surface area contributed by atoms with E-state index in [1.54, 1.807) is 7.11 Å². The first-order chi connectivity index (χ1) is 6.24. The van der Waals surface area contributed by atoms with Crippen LogP contribution in [-0.4, -0.2) is 19.8 Å². The molecule has 1 aliphatic heterocycles. The summed E-state index contributed by atoms with van der Waals surface area (Å²) in [6.07, 6.45) is 1.22. The summed E-state index contributed by atoms with van der Waals surface area (Å²) in [6, 6.07) is 0. The minimum atomic E-state index is -0.0826. The van der Waals surface area contributed by atoms with E-state index < -0.39 is 0 Å². The standard InChI is InChI=1S/C10H13FO2/c1-6-5-8(12-2)10-7(9(6)11)3-4-13-10/h8H,3-5H2,1-2H3. The van der Waals surface area contributed by atoms with Gasteiger partial charge in [0.05, 0.1) is 6.61 Å². The van der Waals surface area contributed by atoms with Crippen molar-refractivity contribution in [1.29, 1.82) is 0 Å². The lowest BCUT2D eigenvalue weighted by atomic mass is 9.95. The van der Waals surface area contributed by atoms with E-state index in [0.717, 1.165) is 11.1 Å². The van der Waals surface area contributed by atoms with Gasteiger partial charge in [-0.1, -0.05) is 0 Å². The van der Waals surface area contributed by atoms with Crippen LogP contribution >= 0.6 is 0 Å². The fraction of sp³-hybridized carbons (Fsp3) is 0.600. The van der Waals surface area contributed by atoms with E-state index in [2.05, 4.69) is 0 Å². The average Bonchev–Trinajstić information content (AvgIpc) is 2.60. The van der Waals surface area contributed by atoms with Crippen LogP contribution in [0.5, 0.6) is 0 Å². The van der Waals surface area contributed by atoms with Crippen molar-refractivity contribution in [2.45, 2.75) is 25.9 Å². The highest BCUT2D eigenvalue weighted by molar-refractivity contribution is 5.39. The minimum absolute atomic E-state index is 0.0722. The van der Waals surface area contributed by atoms with Crippen LogP contribution in [0.3, 0.4) is 0 Å². The number of rotatable bonds is 1. The van der Waals surface area contributed by atoms with E-state index in [1.807, 2.05) is 6.92 Å². The predicted octanol–water partition coefficient (Wildman–Crippen LogP) is 2.32. The first-order valence-corrected chi connectivity index (χ1v) is 4.48. The van der Waals surface area contributed by atoms with Gasteiger partial charge in [-0.3, -0.25) is 0 Å². The molecule has 0 spiro atoms. The normalized spacial score (nSPS) is 27.8. The Kier molecular flexibility index (Phi) is 2.12. The van der Waals surface area contributed by atoms with Crippen LogP contribution in [0.2, 0.25) is 0 Å². The van der Waals surface area contributed by atoms with E-state index >= 15 is 0 Å². The topological polar surface area (TPSA) is 18.5 Å². The van der Waals surface area contributed by atoms with Crippen molar-refractivity contribution in [2.24, 2.45) is 0 Å². The number of halogens is 1. The van der Waals surface area contributed by atoms with Crippen LogP contribution in [0.15, 0.2) is 22.7 Å². The fourth-order valence-corrected chi connectivity index (χ4v) is 1.89. The zero-order valence-electron chi connectivity index (χ0n) is 7.89. The first-order valence-electron chi connectivity index (χ1n) is 4.48. The molecular formula is C10H13FO2. The van der Waals surface area contributed by atoms with Gasteiger partial charge in [0, 0.05) is 25.5 Å². The molecule has 0 saturated heterocycles. The molecule has 0 aromatic rings. The second-order valence-electron chi connectivity index (χ2n) is 3.46. The Balaban J connectivity index is 2.37. The molecule has 0 bridgehead atoms. The van der Waals surface area contributed by atoms with Gasteiger partial charge < -0.3 is 9.47 Å². The number of hydrogen-bond donors (Lipinski definition) is 0. The number of hydrogen-bond acceptors (Lipinski definition) is 2. The molecule has 2 rings (SSSR count). The zero-order chi connectivity index (χ0) is 9.42. The van der Waals surface area contributed by atoms with Gasteiger partial charge in [-0.25, -0.2) is 4.39 Å². The van der Waals surface area contributed by atoms with Gasteiger partial charge in [0.1, 0.15) is 17.7 Å². The van der Waals surface area contributed by atoms with Crippen LogP contribution in [-0.2, 0) is 9.47 Å². The van der Waals surface area contributed by atoms with E-state index in [-0.39, 0.29) is 11.9 Å². The summed E-state index contributed by atoms with van der Waals surface area (Å²) in [6.45, 7) is 2.40. The molecule has 0 fully saturated rings. The average molecular weight is 184 g/mol. The Morgan fingerprint density at radius 3 is 3.00 bits per heavy atom. The van der Waals surface area contributed by atoms with Crippen molar-refractivity contribution in [3.63, 3.8) is 0 Å². The smallest absolute Gasteiger partial charge is 0.131 e. The summed E-state index contributed by atoms with van der Waals surface area (Å²) < 4.78 is 24.1. The summed E-state index contributed by atoms with van der Waals surface area (Å²) in [5, 5.41) is 0. The lowest BCUT2D eigenvalue weighted by Crippen LogP contribution is -2.19. The number of allylic oxidation sites excluding steroid dienone is 1. The molecular weight excluding hydrogens is 171 g/mol. The maximum atomic E-state index is 13.5. The molecule has 3 heteroatoms. The summed E-state index contributed by atoms with van der Waals surface area (Å²) in [4.78, 5) is 0. The van der Waals surface area contributed by atoms with E-state index in [4.69, 9.17) is 9.47 Å². The zero-order valence-corrected chi connectivity index (χ0v) is 7.89. The van der Waals surface area contributed by atoms with Gasteiger partial charge in [-0.2, -0.15) is 0 Å². The monoisotopic (exact) mass is 184 g/mol. The SMILES string of the molecule is COC1CC(C)=C(F)C2=C1OCC2. The molecule has 1 unspecified atom stereocenters. The van der Waals surface area contributed by atoms with E-state index in [1.165, 1.54) is 0 Å². The molecule has 0 radical (unpaired) electrons. The molecule has 0 aromatic carbocycles. The number of methoxy groups -OCH3 is 1. The fourth-order valence-electron chi connectivity index (χ4n) is 1.89. The molecule has 13 heavy (non-hydrogen) atoms. The third-order valence-electron chi connectivity index (χ3n) is 2.62. The maximum Gasteiger partial charge on any atom is 0.131 e. The van der Waals surface area contributed by atoms with Crippen LogP contribution in [0.4, 0.5) is 4.39 Å². The van der Waals surface area contributed by atoms with Crippen molar-refractivity contribution in [3.05, 3.63) is 22.7 Å². The van der Waals surface area contributed by atoms with E-state index in [9.17, 15) is 4.39 Å². The Bertz CT molecular complexity index is 291. The van der Waals surface area contributed by atoms with Gasteiger partial charge >= 0.3 is 0 Å². The Morgan fingerprint density at radius 1 is 1.54 bits per heavy atom. The molecule has 0 aromatic heterocycles. The molecule has 0 N–H and O–H groups in total. The number of ether oxygens (including phenoxy) is 2. The second kappa shape index (κ2) is 3.14. The van der Waals surface area contributed by atoms with Crippen molar-refractivity contribution in [1.82, 2.24) is 0 Å². The lowest BCUT2D eigenvalue weighted by molar-refractivity contribution is 0.0713. The first kappa shape index (κ1) is 8.75. The predicted molar refractivity (Wildman–Crippen MR) is 46.8 cm³/mol. The molecule has 1 atom stereocenters. The van der Waals surface area contributed by atoms with E-state index in [0.29, 0.717) is 25.2 Å². The van der Waals surface area contributed by atoms with Crippen molar-refractivity contribution < 1.29 is 13.9 Å². The quantitative estimate of drug-likeness (QED) is 0.622. The highest BCUT2D eigenvalue weighted by atomic mass is 19.1. The molecule has 2 nitrogen and oxygen atoms in total. The third kappa shape index (κ3) is 1.27. The molecule has 0 saturated carbocycles. The molecule has 1 heterocycles. The van der Waals surface area contributed by atoms with Crippen LogP contribution in [0, 0.1) is 0 Å². The molecule has 0 amide bonds. The summed E-state index contributed by atoms with van der Waals surface area (Å²) in [5.74, 6) is 0.631. The van der Waals surface area contributed by atoms with Gasteiger partial charge in [0.2, 0.25) is 0 Å². The molecule has 72 valence electrons. The van der Waals surface area contributed by atoms with Gasteiger partial charge in [-0.15, -0.1) is 0 Å². The van der Waals surface area contributed by atoms with Gasteiger partial charge in [0.15, 0.2) is 0 Å². The summed E-state index contributed by atoms with van der Waals surface area (Å²) >= 11 is 0. The van der Waals surface area contributed by atoms with Gasteiger partial charge in [0.25, 0.3) is 0 Å². The highest BCUT2D eigenvalue weighted by Gasteiger charge is 2.32. The minimum Gasteiger partial charge on any atom is -0.494 e. The highest BCUT2D eigenvalue weighted by Crippen LogP contribution is 2.38. The van der Waals surface area contributed by atoms with Crippen molar-refractivity contribution in [2.75, 3.05) is 13.7 Å². The van der Waals surface area contributed by atoms with Crippen molar-refractivity contribution >= 4 is 0 Å². The van der Waals surface area contributed by atoms with Crippen LogP contribution in [0.25, 0.3) is 0 Å².